The number of amides is 3. The molecule has 2 aromatic carbocycles. The fourth-order valence-corrected chi connectivity index (χ4v) is 7.95. The number of ether oxygens (including phenoxy) is 2. The van der Waals surface area contributed by atoms with E-state index in [0.29, 0.717) is 57.6 Å². The Bertz CT molecular complexity index is 1610. The third-order valence-corrected chi connectivity index (χ3v) is 10.6. The van der Waals surface area contributed by atoms with Gasteiger partial charge in [-0.25, -0.2) is 13.2 Å². The van der Waals surface area contributed by atoms with Gasteiger partial charge in [0, 0.05) is 25.0 Å². The normalized spacial score (nSPS) is 19.9. The molecule has 2 N–H and O–H groups in total. The molecule has 0 saturated carbocycles. The minimum absolute atomic E-state index is 0.0657. The molecule has 11 nitrogen and oxygen atoms in total. The van der Waals surface area contributed by atoms with E-state index in [-0.39, 0.29) is 11.8 Å². The van der Waals surface area contributed by atoms with E-state index in [1.165, 1.54) is 10.6 Å². The second-order valence-corrected chi connectivity index (χ2v) is 16.6. The van der Waals surface area contributed by atoms with Crippen molar-refractivity contribution in [2.75, 3.05) is 36.8 Å². The number of nitrogens with one attached hydrogen (secondary N) is 2. The van der Waals surface area contributed by atoms with Crippen LogP contribution in [0.5, 0.6) is 5.75 Å². The topological polar surface area (TPSA) is 134 Å². The van der Waals surface area contributed by atoms with E-state index in [2.05, 4.69) is 10.6 Å². The summed E-state index contributed by atoms with van der Waals surface area (Å²) >= 11 is 0. The zero-order chi connectivity index (χ0) is 34.2. The van der Waals surface area contributed by atoms with E-state index in [1.807, 2.05) is 48.5 Å². The number of fused-ring (bicyclic) bond motifs is 3. The van der Waals surface area contributed by atoms with Crippen LogP contribution >= 0.6 is 0 Å². The molecule has 256 valence electrons. The Balaban J connectivity index is 1.34. The van der Waals surface area contributed by atoms with Gasteiger partial charge in [0.25, 0.3) is 0 Å². The minimum Gasteiger partial charge on any atom is -0.493 e. The van der Waals surface area contributed by atoms with Gasteiger partial charge in [-0.3, -0.25) is 13.9 Å². The molecule has 1 spiro atoms. The molecular formula is C35H48N4O7S. The maximum atomic E-state index is 14.3. The van der Waals surface area contributed by atoms with Crippen LogP contribution in [0.2, 0.25) is 0 Å². The molecular weight excluding hydrogens is 620 g/mol. The molecule has 2 aromatic rings. The monoisotopic (exact) mass is 668 g/mol. The molecule has 0 bridgehead atoms. The summed E-state index contributed by atoms with van der Waals surface area (Å²) in [5.41, 5.74) is 0.280. The molecule has 12 heteroatoms. The zero-order valence-corrected chi connectivity index (χ0v) is 29.1. The van der Waals surface area contributed by atoms with Crippen LogP contribution in [-0.2, 0) is 36.2 Å². The van der Waals surface area contributed by atoms with Crippen molar-refractivity contribution in [1.29, 1.82) is 0 Å². The van der Waals surface area contributed by atoms with Crippen molar-refractivity contribution in [2.45, 2.75) is 89.3 Å². The summed E-state index contributed by atoms with van der Waals surface area (Å²) in [5.74, 6) is 0.224. The van der Waals surface area contributed by atoms with E-state index in [1.54, 1.807) is 39.5 Å². The molecule has 0 unspecified atom stereocenters. The number of para-hydroxylation sites is 2. The van der Waals surface area contributed by atoms with Gasteiger partial charge in [0.2, 0.25) is 21.8 Å². The maximum Gasteiger partial charge on any atom is 0.408 e. The Morgan fingerprint density at radius 1 is 1.02 bits per heavy atom. The van der Waals surface area contributed by atoms with Crippen molar-refractivity contribution in [3.05, 3.63) is 59.7 Å². The van der Waals surface area contributed by atoms with Crippen molar-refractivity contribution >= 4 is 33.6 Å². The third kappa shape index (κ3) is 7.85. The summed E-state index contributed by atoms with van der Waals surface area (Å²) in [7, 11) is -3.47. The lowest BCUT2D eigenvalue weighted by molar-refractivity contribution is -0.139. The zero-order valence-electron chi connectivity index (χ0n) is 28.3. The first-order chi connectivity index (χ1) is 22.0. The van der Waals surface area contributed by atoms with Crippen molar-refractivity contribution in [3.8, 4) is 5.75 Å². The molecule has 3 heterocycles. The summed E-state index contributed by atoms with van der Waals surface area (Å²) in [6.45, 7) is 10.1. The molecule has 1 fully saturated rings. The fraction of sp³-hybridized carbons (Fsp3) is 0.571. The quantitative estimate of drug-likeness (QED) is 0.453. The Kier molecular flexibility index (Phi) is 9.56. The number of rotatable bonds is 7. The van der Waals surface area contributed by atoms with E-state index in [9.17, 15) is 22.8 Å². The van der Waals surface area contributed by atoms with Crippen LogP contribution in [0.15, 0.2) is 48.5 Å². The first-order valence-electron chi connectivity index (χ1n) is 16.4. The molecule has 1 saturated heterocycles. The number of carbonyl (C=O) groups is 3. The van der Waals surface area contributed by atoms with Gasteiger partial charge in [-0.05, 0) is 95.9 Å². The fourth-order valence-electron chi connectivity index (χ4n) is 6.96. The lowest BCUT2D eigenvalue weighted by Gasteiger charge is -2.41. The number of benzene rings is 2. The van der Waals surface area contributed by atoms with Crippen LogP contribution in [0, 0.1) is 5.92 Å². The number of hydrogen-bond acceptors (Lipinski definition) is 7. The van der Waals surface area contributed by atoms with E-state index in [4.69, 9.17) is 9.47 Å². The lowest BCUT2D eigenvalue weighted by atomic mass is 9.74. The number of anilines is 1. The highest BCUT2D eigenvalue weighted by molar-refractivity contribution is 7.92. The van der Waals surface area contributed by atoms with Crippen LogP contribution in [-0.4, -0.2) is 80.9 Å². The van der Waals surface area contributed by atoms with Crippen LogP contribution in [0.4, 0.5) is 10.5 Å². The Morgan fingerprint density at radius 3 is 2.36 bits per heavy atom. The molecule has 2 atom stereocenters. The van der Waals surface area contributed by atoms with Crippen LogP contribution in [0.3, 0.4) is 0 Å². The highest BCUT2D eigenvalue weighted by atomic mass is 32.2. The maximum absolute atomic E-state index is 14.3. The molecule has 0 aliphatic carbocycles. The molecule has 47 heavy (non-hydrogen) atoms. The predicted octanol–water partition coefficient (Wildman–Crippen LogP) is 4.15. The van der Waals surface area contributed by atoms with Crippen LogP contribution < -0.4 is 19.7 Å². The first-order valence-corrected chi connectivity index (χ1v) is 18.2. The van der Waals surface area contributed by atoms with E-state index >= 15 is 0 Å². The molecule has 3 amide bonds. The molecule has 0 aromatic heterocycles. The molecule has 5 rings (SSSR count). The summed E-state index contributed by atoms with van der Waals surface area (Å²) in [5, 5.41) is 5.64. The van der Waals surface area contributed by atoms with E-state index in [0.717, 1.165) is 23.3 Å². The number of sulfonamides is 1. The standard InChI is InChI=1S/C35H48N4O7S/c1-33(2,3)46-32(42)37-34(4,5)31(41)36-27(22-24-15-20-45-29-14-10-7-11-25(29)21-24)30(40)38-18-16-35(17-19-38)23-39(47(6,43)44)28-13-9-8-12-26(28)35/h7-14,24,27H,15-23H2,1-6H3,(H,36,41)(H,37,42)/t24-,27-/m1/s1. The Hall–Kier alpha value is -3.80. The largest absolute Gasteiger partial charge is 0.493 e. The summed E-state index contributed by atoms with van der Waals surface area (Å²) < 4.78 is 38.2. The van der Waals surface area contributed by atoms with Gasteiger partial charge in [0.1, 0.15) is 22.9 Å². The van der Waals surface area contributed by atoms with Gasteiger partial charge in [-0.2, -0.15) is 0 Å². The predicted molar refractivity (Wildman–Crippen MR) is 180 cm³/mol. The van der Waals surface area contributed by atoms with Gasteiger partial charge in [0.05, 0.1) is 18.6 Å². The average molecular weight is 669 g/mol. The number of carbonyl (C=O) groups excluding carboxylic acids is 3. The summed E-state index contributed by atoms with van der Waals surface area (Å²) in [6.07, 6.45) is 3.52. The SMILES string of the molecule is CC(C)(C)OC(=O)NC(C)(C)C(=O)N[C@H](C[C@@H]1CCOc2ccccc2C1)C(=O)N1CCC2(CC1)CN(S(C)(=O)=O)c1ccccc12. The second-order valence-electron chi connectivity index (χ2n) is 14.7. The highest BCUT2D eigenvalue weighted by Crippen LogP contribution is 2.48. The van der Waals surface area contributed by atoms with Gasteiger partial charge in [0.15, 0.2) is 0 Å². The number of likely N-dealkylation sites (tertiary alicyclic amines) is 1. The Labute approximate surface area is 278 Å². The third-order valence-electron chi connectivity index (χ3n) is 9.44. The highest BCUT2D eigenvalue weighted by Gasteiger charge is 2.48. The first kappa shape index (κ1) is 34.5. The van der Waals surface area contributed by atoms with Gasteiger partial charge in [-0.15, -0.1) is 0 Å². The number of hydrogen-bond donors (Lipinski definition) is 2. The lowest BCUT2D eigenvalue weighted by Crippen LogP contribution is -2.60. The van der Waals surface area contributed by atoms with Gasteiger partial charge in [-0.1, -0.05) is 36.4 Å². The average Bonchev–Trinajstić information content (AvgIpc) is 3.16. The van der Waals surface area contributed by atoms with E-state index < -0.39 is 44.6 Å². The summed E-state index contributed by atoms with van der Waals surface area (Å²) in [6, 6.07) is 14.7. The summed E-state index contributed by atoms with van der Waals surface area (Å²) in [4.78, 5) is 42.4. The van der Waals surface area contributed by atoms with Gasteiger partial charge < -0.3 is 25.0 Å². The smallest absolute Gasteiger partial charge is 0.408 e. The van der Waals surface area contributed by atoms with Crippen molar-refractivity contribution in [3.63, 3.8) is 0 Å². The van der Waals surface area contributed by atoms with Crippen molar-refractivity contribution in [2.24, 2.45) is 5.92 Å². The number of alkyl carbamates (subject to hydrolysis) is 1. The van der Waals surface area contributed by atoms with Crippen LogP contribution in [0.25, 0.3) is 0 Å². The number of piperidine rings is 1. The van der Waals surface area contributed by atoms with Gasteiger partial charge >= 0.3 is 6.09 Å². The van der Waals surface area contributed by atoms with Crippen molar-refractivity contribution in [1.82, 2.24) is 15.5 Å². The van der Waals surface area contributed by atoms with Crippen molar-refractivity contribution < 1.29 is 32.3 Å². The Morgan fingerprint density at radius 2 is 1.68 bits per heavy atom. The molecule has 3 aliphatic heterocycles. The minimum atomic E-state index is -3.47. The van der Waals surface area contributed by atoms with Crippen LogP contribution in [0.1, 0.15) is 71.4 Å². The molecule has 0 radical (unpaired) electrons. The number of nitrogens with zero attached hydrogens (tertiary/aromatic N) is 2. The molecule has 3 aliphatic rings. The second kappa shape index (κ2) is 13.0.